The number of rotatable bonds is 4. The van der Waals surface area contributed by atoms with E-state index in [0.29, 0.717) is 0 Å². The van der Waals surface area contributed by atoms with Gasteiger partial charge in [-0.1, -0.05) is 27.2 Å². The normalized spacial score (nSPS) is 18.9. The molecule has 0 aromatic carbocycles. The maximum Gasteiger partial charge on any atom is 0.208 e. The van der Waals surface area contributed by atoms with Gasteiger partial charge in [0, 0.05) is 19.6 Å². The third kappa shape index (κ3) is 4.54. The van der Waals surface area contributed by atoms with E-state index in [0.717, 1.165) is 43.9 Å². The van der Waals surface area contributed by atoms with Crippen molar-refractivity contribution in [2.24, 2.45) is 22.7 Å². The summed E-state index contributed by atoms with van der Waals surface area (Å²) in [6, 6.07) is 0. The van der Waals surface area contributed by atoms with E-state index in [9.17, 15) is 0 Å². The highest BCUT2D eigenvalue weighted by Gasteiger charge is 2.22. The average molecular weight is 240 g/mol. The molecule has 3 N–H and O–H groups in total. The molecule has 0 aliphatic carbocycles. The fourth-order valence-electron chi connectivity index (χ4n) is 2.36. The zero-order chi connectivity index (χ0) is 12.7. The van der Waals surface area contributed by atoms with E-state index in [2.05, 4.69) is 36.1 Å². The van der Waals surface area contributed by atoms with Crippen LogP contribution in [0.15, 0.2) is 4.99 Å². The number of hydrazine groups is 1. The first-order valence-electron chi connectivity index (χ1n) is 6.95. The zero-order valence-corrected chi connectivity index (χ0v) is 11.6. The first kappa shape index (κ1) is 14.3. The molecular weight excluding hydrogens is 212 g/mol. The lowest BCUT2D eigenvalue weighted by molar-refractivity contribution is 0.215. The number of likely N-dealkylation sites (tertiary alicyclic amines) is 1. The van der Waals surface area contributed by atoms with Crippen LogP contribution in [0.3, 0.4) is 0 Å². The maximum atomic E-state index is 5.56. The first-order valence-corrected chi connectivity index (χ1v) is 6.95. The van der Waals surface area contributed by atoms with E-state index in [1.165, 1.54) is 19.3 Å². The second-order valence-corrected chi connectivity index (χ2v) is 5.27. The monoisotopic (exact) mass is 240 g/mol. The SMILES string of the molecule is CCCCN=C(NN)N1CCC(C(C)C)CC1. The molecule has 1 heterocycles. The number of unbranched alkanes of at least 4 members (excludes halogenated alkanes) is 1. The topological polar surface area (TPSA) is 53.6 Å². The van der Waals surface area contributed by atoms with E-state index in [4.69, 9.17) is 5.84 Å². The molecule has 0 aromatic rings. The summed E-state index contributed by atoms with van der Waals surface area (Å²) in [5, 5.41) is 0. The van der Waals surface area contributed by atoms with E-state index in [1.54, 1.807) is 0 Å². The molecule has 100 valence electrons. The number of guanidine groups is 1. The third-order valence-corrected chi connectivity index (χ3v) is 3.68. The van der Waals surface area contributed by atoms with Gasteiger partial charge in [0.2, 0.25) is 5.96 Å². The number of aliphatic imine (C=N–C) groups is 1. The summed E-state index contributed by atoms with van der Waals surface area (Å²) in [4.78, 5) is 6.82. The van der Waals surface area contributed by atoms with Gasteiger partial charge in [-0.25, -0.2) is 5.84 Å². The number of hydrogen-bond donors (Lipinski definition) is 2. The Bertz CT molecular complexity index is 230. The summed E-state index contributed by atoms with van der Waals surface area (Å²) in [5.74, 6) is 8.09. The summed E-state index contributed by atoms with van der Waals surface area (Å²) >= 11 is 0. The smallest absolute Gasteiger partial charge is 0.208 e. The lowest BCUT2D eigenvalue weighted by atomic mass is 9.87. The van der Waals surface area contributed by atoms with Gasteiger partial charge < -0.3 is 4.90 Å². The highest BCUT2D eigenvalue weighted by Crippen LogP contribution is 2.24. The molecule has 1 fully saturated rings. The number of nitrogens with one attached hydrogen (secondary N) is 1. The predicted octanol–water partition coefficient (Wildman–Crippen LogP) is 1.97. The van der Waals surface area contributed by atoms with Gasteiger partial charge in [-0.3, -0.25) is 10.4 Å². The second-order valence-electron chi connectivity index (χ2n) is 5.27. The van der Waals surface area contributed by atoms with Crippen LogP contribution in [0.25, 0.3) is 0 Å². The summed E-state index contributed by atoms with van der Waals surface area (Å²) < 4.78 is 0. The molecular formula is C13H28N4. The molecule has 0 radical (unpaired) electrons. The molecule has 0 aromatic heterocycles. The van der Waals surface area contributed by atoms with Gasteiger partial charge in [-0.05, 0) is 31.1 Å². The standard InChI is InChI=1S/C13H28N4/c1-4-5-8-15-13(16-14)17-9-6-12(7-10-17)11(2)3/h11-12H,4-10,14H2,1-3H3,(H,15,16). The lowest BCUT2D eigenvalue weighted by Crippen LogP contribution is -2.48. The molecule has 0 atom stereocenters. The van der Waals surface area contributed by atoms with Gasteiger partial charge >= 0.3 is 0 Å². The van der Waals surface area contributed by atoms with Crippen molar-refractivity contribution in [3.05, 3.63) is 0 Å². The summed E-state index contributed by atoms with van der Waals surface area (Å²) in [6.07, 6.45) is 4.82. The third-order valence-electron chi connectivity index (χ3n) is 3.68. The second kappa shape index (κ2) is 7.54. The van der Waals surface area contributed by atoms with Crippen molar-refractivity contribution in [2.75, 3.05) is 19.6 Å². The van der Waals surface area contributed by atoms with Crippen molar-refractivity contribution in [3.8, 4) is 0 Å². The van der Waals surface area contributed by atoms with E-state index >= 15 is 0 Å². The highest BCUT2D eigenvalue weighted by atomic mass is 15.4. The van der Waals surface area contributed by atoms with Crippen LogP contribution in [-0.4, -0.2) is 30.5 Å². The Morgan fingerprint density at radius 1 is 1.41 bits per heavy atom. The predicted molar refractivity (Wildman–Crippen MR) is 73.7 cm³/mol. The largest absolute Gasteiger partial charge is 0.342 e. The molecule has 1 rings (SSSR count). The van der Waals surface area contributed by atoms with Crippen molar-refractivity contribution in [3.63, 3.8) is 0 Å². The Morgan fingerprint density at radius 2 is 2.06 bits per heavy atom. The molecule has 0 saturated carbocycles. The van der Waals surface area contributed by atoms with Crippen molar-refractivity contribution in [1.82, 2.24) is 10.3 Å². The Morgan fingerprint density at radius 3 is 2.53 bits per heavy atom. The molecule has 0 amide bonds. The average Bonchev–Trinajstić information content (AvgIpc) is 2.35. The van der Waals surface area contributed by atoms with E-state index < -0.39 is 0 Å². The van der Waals surface area contributed by atoms with Crippen LogP contribution in [0.2, 0.25) is 0 Å². The Labute approximate surface area is 106 Å². The van der Waals surface area contributed by atoms with E-state index in [-0.39, 0.29) is 0 Å². The summed E-state index contributed by atoms with van der Waals surface area (Å²) in [5.41, 5.74) is 2.75. The van der Waals surface area contributed by atoms with Crippen LogP contribution in [-0.2, 0) is 0 Å². The van der Waals surface area contributed by atoms with Crippen molar-refractivity contribution >= 4 is 5.96 Å². The zero-order valence-electron chi connectivity index (χ0n) is 11.6. The van der Waals surface area contributed by atoms with Gasteiger partial charge in [-0.15, -0.1) is 0 Å². The van der Waals surface area contributed by atoms with Gasteiger partial charge in [0.05, 0.1) is 0 Å². The van der Waals surface area contributed by atoms with Crippen LogP contribution in [0.1, 0.15) is 46.5 Å². The Kier molecular flexibility index (Phi) is 6.34. The van der Waals surface area contributed by atoms with Gasteiger partial charge in [0.1, 0.15) is 0 Å². The molecule has 0 bridgehead atoms. The Balaban J connectivity index is 2.42. The number of piperidine rings is 1. The molecule has 4 nitrogen and oxygen atoms in total. The number of hydrogen-bond acceptors (Lipinski definition) is 2. The molecule has 1 saturated heterocycles. The fourth-order valence-corrected chi connectivity index (χ4v) is 2.36. The summed E-state index contributed by atoms with van der Waals surface area (Å²) in [6.45, 7) is 9.85. The van der Waals surface area contributed by atoms with E-state index in [1.807, 2.05) is 0 Å². The lowest BCUT2D eigenvalue weighted by Gasteiger charge is -2.35. The van der Waals surface area contributed by atoms with Crippen molar-refractivity contribution in [2.45, 2.75) is 46.5 Å². The molecule has 1 aliphatic heterocycles. The molecule has 17 heavy (non-hydrogen) atoms. The first-order chi connectivity index (χ1) is 8.19. The quantitative estimate of drug-likeness (QED) is 0.260. The van der Waals surface area contributed by atoms with Crippen LogP contribution < -0.4 is 11.3 Å². The number of nitrogens with two attached hydrogens (primary N) is 1. The van der Waals surface area contributed by atoms with Crippen molar-refractivity contribution in [1.29, 1.82) is 0 Å². The van der Waals surface area contributed by atoms with Crippen LogP contribution in [0.4, 0.5) is 0 Å². The molecule has 0 spiro atoms. The molecule has 1 aliphatic rings. The van der Waals surface area contributed by atoms with Gasteiger partial charge in [0.15, 0.2) is 0 Å². The van der Waals surface area contributed by atoms with Crippen LogP contribution in [0, 0.1) is 11.8 Å². The maximum absolute atomic E-state index is 5.56. The molecule has 4 heteroatoms. The molecule has 0 unspecified atom stereocenters. The minimum Gasteiger partial charge on any atom is -0.342 e. The van der Waals surface area contributed by atoms with Gasteiger partial charge in [-0.2, -0.15) is 0 Å². The fraction of sp³-hybridized carbons (Fsp3) is 0.923. The van der Waals surface area contributed by atoms with Gasteiger partial charge in [0.25, 0.3) is 0 Å². The van der Waals surface area contributed by atoms with Crippen LogP contribution >= 0.6 is 0 Å². The summed E-state index contributed by atoms with van der Waals surface area (Å²) in [7, 11) is 0. The van der Waals surface area contributed by atoms with Crippen molar-refractivity contribution < 1.29 is 0 Å². The number of nitrogens with zero attached hydrogens (tertiary/aromatic N) is 2. The Hall–Kier alpha value is -0.770. The minimum absolute atomic E-state index is 0.795. The van der Waals surface area contributed by atoms with Crippen LogP contribution in [0.5, 0.6) is 0 Å². The highest BCUT2D eigenvalue weighted by molar-refractivity contribution is 5.79. The minimum atomic E-state index is 0.795.